The second kappa shape index (κ2) is 4.66. The summed E-state index contributed by atoms with van der Waals surface area (Å²) in [6.07, 6.45) is 0.999. The summed E-state index contributed by atoms with van der Waals surface area (Å²) in [4.78, 5) is 0. The number of hydrogen-bond acceptors (Lipinski definition) is 2. The van der Waals surface area contributed by atoms with E-state index in [1.165, 1.54) is 5.56 Å². The Morgan fingerprint density at radius 3 is 2.64 bits per heavy atom. The number of benzene rings is 1. The summed E-state index contributed by atoms with van der Waals surface area (Å²) in [5.74, 6) is 1.26. The number of nitriles is 1. The Bertz CT molecular complexity index is 350. The van der Waals surface area contributed by atoms with Crippen LogP contribution in [0.3, 0.4) is 0 Å². The first kappa shape index (κ1) is 10.6. The van der Waals surface area contributed by atoms with Gasteiger partial charge < -0.3 is 4.74 Å². The fourth-order valence-electron chi connectivity index (χ4n) is 1.44. The van der Waals surface area contributed by atoms with E-state index in [0.29, 0.717) is 17.2 Å². The van der Waals surface area contributed by atoms with Gasteiger partial charge in [-0.25, -0.2) is 0 Å². The topological polar surface area (TPSA) is 33.0 Å². The molecule has 0 saturated heterocycles. The van der Waals surface area contributed by atoms with Crippen LogP contribution in [0, 0.1) is 17.2 Å². The number of ether oxygens (including phenoxy) is 1. The molecule has 0 radical (unpaired) electrons. The highest BCUT2D eigenvalue weighted by molar-refractivity contribution is 5.45. The molecule has 0 saturated carbocycles. The Balaban J connectivity index is 2.97. The average Bonchev–Trinajstić information content (AvgIpc) is 2.16. The van der Waals surface area contributed by atoms with Crippen LogP contribution < -0.4 is 4.74 Å². The largest absolute Gasteiger partial charge is 0.495 e. The molecule has 0 fully saturated rings. The maximum Gasteiger partial charge on any atom is 0.136 e. The Labute approximate surface area is 85.1 Å². The van der Waals surface area contributed by atoms with Crippen LogP contribution in [0.2, 0.25) is 0 Å². The number of methoxy groups -OCH3 is 1. The third kappa shape index (κ3) is 2.50. The monoisotopic (exact) mass is 189 g/mol. The molecule has 14 heavy (non-hydrogen) atoms. The molecule has 0 aliphatic heterocycles. The Morgan fingerprint density at radius 1 is 1.43 bits per heavy atom. The van der Waals surface area contributed by atoms with Gasteiger partial charge in [0.25, 0.3) is 0 Å². The van der Waals surface area contributed by atoms with Crippen molar-refractivity contribution in [3.63, 3.8) is 0 Å². The van der Waals surface area contributed by atoms with Crippen LogP contribution in [0.25, 0.3) is 0 Å². The predicted molar refractivity (Wildman–Crippen MR) is 56.3 cm³/mol. The molecule has 0 amide bonds. The van der Waals surface area contributed by atoms with Crippen LogP contribution in [-0.2, 0) is 6.42 Å². The minimum absolute atomic E-state index is 0.606. The van der Waals surface area contributed by atoms with E-state index >= 15 is 0 Å². The van der Waals surface area contributed by atoms with E-state index in [0.717, 1.165) is 6.42 Å². The molecule has 74 valence electrons. The molecule has 2 heteroatoms. The lowest BCUT2D eigenvalue weighted by Crippen LogP contribution is -1.96. The standard InChI is InChI=1S/C12H15NO/c1-9(2)6-10-4-5-12(14-3)11(7-10)8-13/h4-5,7,9H,6H2,1-3H3. The molecule has 0 bridgehead atoms. The minimum Gasteiger partial charge on any atom is -0.495 e. The van der Waals surface area contributed by atoms with Gasteiger partial charge in [0.15, 0.2) is 0 Å². The highest BCUT2D eigenvalue weighted by atomic mass is 16.5. The molecule has 0 aliphatic rings. The van der Waals surface area contributed by atoms with Gasteiger partial charge in [0, 0.05) is 0 Å². The lowest BCUT2D eigenvalue weighted by Gasteiger charge is -2.07. The third-order valence-electron chi connectivity index (χ3n) is 2.03. The Hall–Kier alpha value is -1.49. The molecular formula is C12H15NO. The fourth-order valence-corrected chi connectivity index (χ4v) is 1.44. The van der Waals surface area contributed by atoms with Crippen LogP contribution in [-0.4, -0.2) is 7.11 Å². The molecule has 0 aliphatic carbocycles. The van der Waals surface area contributed by atoms with Crippen molar-refractivity contribution in [2.24, 2.45) is 5.92 Å². The van der Waals surface area contributed by atoms with E-state index in [1.807, 2.05) is 18.2 Å². The van der Waals surface area contributed by atoms with Crippen molar-refractivity contribution in [3.8, 4) is 11.8 Å². The molecule has 0 spiro atoms. The van der Waals surface area contributed by atoms with E-state index < -0.39 is 0 Å². The SMILES string of the molecule is COc1ccc(CC(C)C)cc1C#N. The highest BCUT2D eigenvalue weighted by Crippen LogP contribution is 2.20. The molecule has 0 N–H and O–H groups in total. The molecule has 1 rings (SSSR count). The van der Waals surface area contributed by atoms with Crippen molar-refractivity contribution in [2.75, 3.05) is 7.11 Å². The van der Waals surface area contributed by atoms with Crippen molar-refractivity contribution in [1.29, 1.82) is 5.26 Å². The predicted octanol–water partition coefficient (Wildman–Crippen LogP) is 2.77. The summed E-state index contributed by atoms with van der Waals surface area (Å²) >= 11 is 0. The highest BCUT2D eigenvalue weighted by Gasteiger charge is 2.04. The van der Waals surface area contributed by atoms with E-state index in [1.54, 1.807) is 7.11 Å². The van der Waals surface area contributed by atoms with Crippen LogP contribution in [0.1, 0.15) is 25.0 Å². The number of nitrogens with zero attached hydrogens (tertiary/aromatic N) is 1. The van der Waals surface area contributed by atoms with Crippen LogP contribution in [0.5, 0.6) is 5.75 Å². The summed E-state index contributed by atoms with van der Waals surface area (Å²) in [6.45, 7) is 4.33. The molecule has 1 aromatic carbocycles. The first-order valence-electron chi connectivity index (χ1n) is 4.74. The van der Waals surface area contributed by atoms with Crippen molar-refractivity contribution in [2.45, 2.75) is 20.3 Å². The number of hydrogen-bond donors (Lipinski definition) is 0. The average molecular weight is 189 g/mol. The summed E-state index contributed by atoms with van der Waals surface area (Å²) in [5.41, 5.74) is 1.81. The van der Waals surface area contributed by atoms with Gasteiger partial charge in [-0.1, -0.05) is 19.9 Å². The summed E-state index contributed by atoms with van der Waals surface area (Å²) in [5, 5.41) is 8.88. The van der Waals surface area contributed by atoms with Crippen LogP contribution in [0.4, 0.5) is 0 Å². The van der Waals surface area contributed by atoms with Crippen LogP contribution in [0.15, 0.2) is 18.2 Å². The van der Waals surface area contributed by atoms with Gasteiger partial charge in [-0.05, 0) is 30.0 Å². The Kier molecular flexibility index (Phi) is 3.53. The van der Waals surface area contributed by atoms with Gasteiger partial charge in [-0.3, -0.25) is 0 Å². The minimum atomic E-state index is 0.606. The Morgan fingerprint density at radius 2 is 2.14 bits per heavy atom. The smallest absolute Gasteiger partial charge is 0.136 e. The summed E-state index contributed by atoms with van der Waals surface area (Å²) in [7, 11) is 1.58. The fraction of sp³-hybridized carbons (Fsp3) is 0.417. The maximum atomic E-state index is 8.88. The van der Waals surface area contributed by atoms with Crippen LogP contribution >= 0.6 is 0 Å². The maximum absolute atomic E-state index is 8.88. The van der Waals surface area contributed by atoms with Gasteiger partial charge in [-0.2, -0.15) is 5.26 Å². The molecule has 1 aromatic rings. The van der Waals surface area contributed by atoms with Crippen molar-refractivity contribution < 1.29 is 4.74 Å². The van der Waals surface area contributed by atoms with Crippen molar-refractivity contribution in [3.05, 3.63) is 29.3 Å². The number of rotatable bonds is 3. The third-order valence-corrected chi connectivity index (χ3v) is 2.03. The first-order chi connectivity index (χ1) is 6.67. The van der Waals surface area contributed by atoms with Gasteiger partial charge >= 0.3 is 0 Å². The molecule has 0 atom stereocenters. The van der Waals surface area contributed by atoms with E-state index in [-0.39, 0.29) is 0 Å². The quantitative estimate of drug-likeness (QED) is 0.732. The molecule has 0 aromatic heterocycles. The van der Waals surface area contributed by atoms with Gasteiger partial charge in [0.05, 0.1) is 12.7 Å². The van der Waals surface area contributed by atoms with E-state index in [4.69, 9.17) is 10.00 Å². The molecule has 0 heterocycles. The molecular weight excluding hydrogens is 174 g/mol. The normalized spacial score (nSPS) is 9.93. The second-order valence-corrected chi connectivity index (χ2v) is 3.74. The van der Waals surface area contributed by atoms with Crippen molar-refractivity contribution >= 4 is 0 Å². The molecule has 2 nitrogen and oxygen atoms in total. The zero-order valence-electron chi connectivity index (χ0n) is 8.87. The second-order valence-electron chi connectivity index (χ2n) is 3.74. The molecule has 0 unspecified atom stereocenters. The first-order valence-corrected chi connectivity index (χ1v) is 4.74. The summed E-state index contributed by atoms with van der Waals surface area (Å²) in [6, 6.07) is 7.91. The van der Waals surface area contributed by atoms with Gasteiger partial charge in [0.1, 0.15) is 11.8 Å². The zero-order valence-corrected chi connectivity index (χ0v) is 8.87. The van der Waals surface area contributed by atoms with Gasteiger partial charge in [0.2, 0.25) is 0 Å². The van der Waals surface area contributed by atoms with E-state index in [2.05, 4.69) is 19.9 Å². The zero-order chi connectivity index (χ0) is 10.6. The van der Waals surface area contributed by atoms with Crippen molar-refractivity contribution in [1.82, 2.24) is 0 Å². The lowest BCUT2D eigenvalue weighted by molar-refractivity contribution is 0.413. The lowest BCUT2D eigenvalue weighted by atomic mass is 10.0. The summed E-state index contributed by atoms with van der Waals surface area (Å²) < 4.78 is 5.07. The van der Waals surface area contributed by atoms with Gasteiger partial charge in [-0.15, -0.1) is 0 Å². The van der Waals surface area contributed by atoms with E-state index in [9.17, 15) is 0 Å².